The quantitative estimate of drug-likeness (QED) is 0.746. The smallest absolute Gasteiger partial charge is 0.224 e. The summed E-state index contributed by atoms with van der Waals surface area (Å²) < 4.78 is 13.4. The number of carbonyl (C=O) groups is 1. The van der Waals surface area contributed by atoms with E-state index >= 15 is 0 Å². The lowest BCUT2D eigenvalue weighted by atomic mass is 10.2. The Hall–Kier alpha value is -1.62. The lowest BCUT2D eigenvalue weighted by molar-refractivity contribution is -0.116. The fraction of sp³-hybridized carbons (Fsp3) is 0.500. The number of nitrogens with one attached hydrogen (secondary N) is 1. The lowest BCUT2D eigenvalue weighted by Gasteiger charge is -2.17. The summed E-state index contributed by atoms with van der Waals surface area (Å²) in [6.07, 6.45) is 1.14. The van der Waals surface area contributed by atoms with Crippen LogP contribution in [-0.4, -0.2) is 30.4 Å². The van der Waals surface area contributed by atoms with E-state index < -0.39 is 5.82 Å². The maximum absolute atomic E-state index is 13.4. The summed E-state index contributed by atoms with van der Waals surface area (Å²) >= 11 is 0. The number of hydrogen-bond donors (Lipinski definition) is 2. The molecule has 0 radical (unpaired) electrons. The number of hydrogen-bond acceptors (Lipinski definition) is 3. The molecule has 3 N–H and O–H groups in total. The number of carbonyl (C=O) groups excluding carboxylic acids is 1. The Bertz CT molecular complexity index is 419. The summed E-state index contributed by atoms with van der Waals surface area (Å²) in [5, 5.41) is 2.55. The first-order valence-corrected chi connectivity index (χ1v) is 6.64. The van der Waals surface area contributed by atoms with Crippen LogP contribution in [0.2, 0.25) is 0 Å². The van der Waals surface area contributed by atoms with E-state index in [0.717, 1.165) is 26.1 Å². The highest BCUT2D eigenvalue weighted by Gasteiger charge is 2.08. The molecule has 0 fully saturated rings. The summed E-state index contributed by atoms with van der Waals surface area (Å²) in [6, 6.07) is 4.14. The number of nitrogens with two attached hydrogens (primary N) is 1. The monoisotopic (exact) mass is 267 g/mol. The van der Waals surface area contributed by atoms with E-state index in [4.69, 9.17) is 5.73 Å². The summed E-state index contributed by atoms with van der Waals surface area (Å²) in [4.78, 5) is 13.9. The molecule has 5 heteroatoms. The van der Waals surface area contributed by atoms with Crippen LogP contribution >= 0.6 is 0 Å². The molecule has 1 amide bonds. The van der Waals surface area contributed by atoms with Crippen LogP contribution in [0.4, 0.5) is 15.8 Å². The van der Waals surface area contributed by atoms with E-state index in [1.54, 1.807) is 0 Å². The Morgan fingerprint density at radius 3 is 2.68 bits per heavy atom. The molecule has 0 aliphatic carbocycles. The first-order valence-electron chi connectivity index (χ1n) is 6.64. The van der Waals surface area contributed by atoms with Gasteiger partial charge in [-0.3, -0.25) is 4.79 Å². The molecule has 1 aromatic carbocycles. The highest BCUT2D eigenvalue weighted by molar-refractivity contribution is 5.91. The Morgan fingerprint density at radius 2 is 2.05 bits per heavy atom. The SMILES string of the molecule is CCN(CC)CCCC(=O)Nc1cc(N)ccc1F. The van der Waals surface area contributed by atoms with E-state index in [2.05, 4.69) is 24.1 Å². The molecule has 0 unspecified atom stereocenters. The van der Waals surface area contributed by atoms with E-state index in [1.807, 2.05) is 0 Å². The van der Waals surface area contributed by atoms with Gasteiger partial charge in [-0.1, -0.05) is 13.8 Å². The molecule has 1 aromatic rings. The molecule has 0 bridgehead atoms. The van der Waals surface area contributed by atoms with Crippen molar-refractivity contribution in [3.05, 3.63) is 24.0 Å². The van der Waals surface area contributed by atoms with Crippen LogP contribution < -0.4 is 11.1 Å². The van der Waals surface area contributed by atoms with Crippen molar-refractivity contribution < 1.29 is 9.18 Å². The summed E-state index contributed by atoms with van der Waals surface area (Å²) in [7, 11) is 0. The van der Waals surface area contributed by atoms with Crippen molar-refractivity contribution in [2.24, 2.45) is 0 Å². The van der Waals surface area contributed by atoms with E-state index in [9.17, 15) is 9.18 Å². The van der Waals surface area contributed by atoms with Crippen molar-refractivity contribution in [1.29, 1.82) is 0 Å². The molecule has 0 heterocycles. The van der Waals surface area contributed by atoms with Gasteiger partial charge in [-0.05, 0) is 44.3 Å². The topological polar surface area (TPSA) is 58.4 Å². The first kappa shape index (κ1) is 15.4. The molecule has 0 spiro atoms. The Morgan fingerprint density at radius 1 is 1.37 bits per heavy atom. The highest BCUT2D eigenvalue weighted by atomic mass is 19.1. The van der Waals surface area contributed by atoms with Crippen molar-refractivity contribution >= 4 is 17.3 Å². The van der Waals surface area contributed by atoms with Crippen LogP contribution in [0.5, 0.6) is 0 Å². The van der Waals surface area contributed by atoms with Crippen molar-refractivity contribution in [3.63, 3.8) is 0 Å². The number of halogens is 1. The van der Waals surface area contributed by atoms with Crippen LogP contribution in [0, 0.1) is 5.82 Å². The Labute approximate surface area is 113 Å². The van der Waals surface area contributed by atoms with Gasteiger partial charge in [-0.2, -0.15) is 0 Å². The largest absolute Gasteiger partial charge is 0.399 e. The first-order chi connectivity index (χ1) is 9.06. The summed E-state index contributed by atoms with van der Waals surface area (Å²) in [5.74, 6) is -0.650. The second-order valence-electron chi connectivity index (χ2n) is 4.42. The van der Waals surface area contributed by atoms with Crippen LogP contribution in [0.25, 0.3) is 0 Å². The number of nitrogens with zero attached hydrogens (tertiary/aromatic N) is 1. The maximum Gasteiger partial charge on any atom is 0.224 e. The number of nitrogen functional groups attached to an aromatic ring is 1. The van der Waals surface area contributed by atoms with Crippen molar-refractivity contribution in [2.45, 2.75) is 26.7 Å². The minimum Gasteiger partial charge on any atom is -0.399 e. The number of amides is 1. The van der Waals surface area contributed by atoms with Gasteiger partial charge in [0.15, 0.2) is 0 Å². The third-order valence-corrected chi connectivity index (χ3v) is 3.04. The van der Waals surface area contributed by atoms with E-state index in [-0.39, 0.29) is 11.6 Å². The van der Waals surface area contributed by atoms with Gasteiger partial charge in [0.1, 0.15) is 5.82 Å². The predicted octanol–water partition coefficient (Wildman–Crippen LogP) is 2.47. The molecular formula is C14H22FN3O. The second kappa shape index (κ2) is 7.74. The van der Waals surface area contributed by atoms with Gasteiger partial charge in [0, 0.05) is 12.1 Å². The molecule has 0 atom stereocenters. The molecule has 1 rings (SSSR count). The second-order valence-corrected chi connectivity index (χ2v) is 4.42. The average molecular weight is 267 g/mol. The molecule has 0 aliphatic rings. The van der Waals surface area contributed by atoms with Gasteiger partial charge in [0.25, 0.3) is 0 Å². The van der Waals surface area contributed by atoms with Gasteiger partial charge in [0.2, 0.25) is 5.91 Å². The maximum atomic E-state index is 13.4. The molecule has 0 saturated carbocycles. The van der Waals surface area contributed by atoms with E-state index in [0.29, 0.717) is 12.1 Å². The standard InChI is InChI=1S/C14H22FN3O/c1-3-18(4-2)9-5-6-14(19)17-13-10-11(16)7-8-12(13)15/h7-8,10H,3-6,9,16H2,1-2H3,(H,17,19). The molecule has 106 valence electrons. The zero-order chi connectivity index (χ0) is 14.3. The lowest BCUT2D eigenvalue weighted by Crippen LogP contribution is -2.25. The summed E-state index contributed by atoms with van der Waals surface area (Å²) in [5.41, 5.74) is 6.13. The Balaban J connectivity index is 2.41. The zero-order valence-corrected chi connectivity index (χ0v) is 11.6. The van der Waals surface area contributed by atoms with Gasteiger partial charge in [-0.15, -0.1) is 0 Å². The van der Waals surface area contributed by atoms with Crippen LogP contribution in [-0.2, 0) is 4.79 Å². The predicted molar refractivity (Wildman–Crippen MR) is 76.5 cm³/mol. The fourth-order valence-corrected chi connectivity index (χ4v) is 1.85. The zero-order valence-electron chi connectivity index (χ0n) is 11.6. The molecular weight excluding hydrogens is 245 g/mol. The molecule has 0 aliphatic heterocycles. The number of benzene rings is 1. The molecule has 19 heavy (non-hydrogen) atoms. The summed E-state index contributed by atoms with van der Waals surface area (Å²) in [6.45, 7) is 7.00. The third-order valence-electron chi connectivity index (χ3n) is 3.04. The number of rotatable bonds is 7. The molecule has 0 aromatic heterocycles. The van der Waals surface area contributed by atoms with Crippen molar-refractivity contribution in [2.75, 3.05) is 30.7 Å². The third kappa shape index (κ3) is 5.26. The average Bonchev–Trinajstić information content (AvgIpc) is 2.39. The minimum absolute atomic E-state index is 0.146. The molecule has 0 saturated heterocycles. The van der Waals surface area contributed by atoms with Gasteiger partial charge < -0.3 is 16.0 Å². The van der Waals surface area contributed by atoms with Crippen LogP contribution in [0.1, 0.15) is 26.7 Å². The van der Waals surface area contributed by atoms with Crippen LogP contribution in [0.15, 0.2) is 18.2 Å². The van der Waals surface area contributed by atoms with Crippen molar-refractivity contribution in [3.8, 4) is 0 Å². The van der Waals surface area contributed by atoms with Gasteiger partial charge in [-0.25, -0.2) is 4.39 Å². The fourth-order valence-electron chi connectivity index (χ4n) is 1.85. The minimum atomic E-state index is -0.466. The normalized spacial score (nSPS) is 10.7. The Kier molecular flexibility index (Phi) is 6.29. The highest BCUT2D eigenvalue weighted by Crippen LogP contribution is 2.17. The van der Waals surface area contributed by atoms with Gasteiger partial charge in [0.05, 0.1) is 5.69 Å². The van der Waals surface area contributed by atoms with E-state index in [1.165, 1.54) is 18.2 Å². The number of anilines is 2. The molecule has 4 nitrogen and oxygen atoms in total. The van der Waals surface area contributed by atoms with Crippen LogP contribution in [0.3, 0.4) is 0 Å². The van der Waals surface area contributed by atoms with Gasteiger partial charge >= 0.3 is 0 Å². The van der Waals surface area contributed by atoms with Crippen molar-refractivity contribution in [1.82, 2.24) is 4.90 Å².